The Morgan fingerprint density at radius 2 is 1.63 bits per heavy atom. The molecule has 1 atom stereocenters. The fourth-order valence-electron chi connectivity index (χ4n) is 2.25. The first-order valence-electron chi connectivity index (χ1n) is 6.40. The average molecular weight is 259 g/mol. The van der Waals surface area contributed by atoms with Crippen molar-refractivity contribution in [3.63, 3.8) is 0 Å². The number of hydrogen-bond donors (Lipinski definition) is 2. The SMILES string of the molecule is NCC(Cc1cccc(O)c1)Cc1cccc(F)c1. The van der Waals surface area contributed by atoms with Crippen LogP contribution in [0.4, 0.5) is 4.39 Å². The summed E-state index contributed by atoms with van der Waals surface area (Å²) < 4.78 is 13.1. The van der Waals surface area contributed by atoms with E-state index in [9.17, 15) is 9.50 Å². The van der Waals surface area contributed by atoms with Gasteiger partial charge in [0, 0.05) is 0 Å². The zero-order valence-electron chi connectivity index (χ0n) is 10.7. The Morgan fingerprint density at radius 1 is 1.00 bits per heavy atom. The molecule has 0 aromatic heterocycles. The second-order valence-corrected chi connectivity index (χ2v) is 4.81. The second kappa shape index (κ2) is 6.34. The first-order valence-corrected chi connectivity index (χ1v) is 6.40. The number of nitrogens with two attached hydrogens (primary N) is 1. The van der Waals surface area contributed by atoms with E-state index in [-0.39, 0.29) is 17.5 Å². The van der Waals surface area contributed by atoms with Crippen LogP contribution in [-0.4, -0.2) is 11.7 Å². The molecule has 0 fully saturated rings. The third-order valence-corrected chi connectivity index (χ3v) is 3.18. The molecule has 0 aliphatic carbocycles. The fraction of sp³-hybridized carbons (Fsp3) is 0.250. The first kappa shape index (κ1) is 13.6. The summed E-state index contributed by atoms with van der Waals surface area (Å²) in [5, 5.41) is 9.44. The van der Waals surface area contributed by atoms with Crippen molar-refractivity contribution in [2.45, 2.75) is 12.8 Å². The summed E-state index contributed by atoms with van der Waals surface area (Å²) in [7, 11) is 0. The van der Waals surface area contributed by atoms with Gasteiger partial charge in [0.1, 0.15) is 11.6 Å². The third-order valence-electron chi connectivity index (χ3n) is 3.18. The zero-order chi connectivity index (χ0) is 13.7. The number of rotatable bonds is 5. The van der Waals surface area contributed by atoms with Gasteiger partial charge in [0.2, 0.25) is 0 Å². The minimum atomic E-state index is -0.217. The molecule has 2 aromatic carbocycles. The molecular formula is C16H18FNO. The van der Waals surface area contributed by atoms with Crippen LogP contribution in [-0.2, 0) is 12.8 Å². The summed E-state index contributed by atoms with van der Waals surface area (Å²) in [5.74, 6) is 0.285. The predicted octanol–water partition coefficient (Wildman–Crippen LogP) is 2.89. The maximum absolute atomic E-state index is 13.1. The number of phenolic OH excluding ortho intramolecular Hbond substituents is 1. The van der Waals surface area contributed by atoms with E-state index in [0.29, 0.717) is 6.54 Å². The summed E-state index contributed by atoms with van der Waals surface area (Å²) >= 11 is 0. The van der Waals surface area contributed by atoms with Gasteiger partial charge in [0.15, 0.2) is 0 Å². The van der Waals surface area contributed by atoms with Crippen LogP contribution in [0.3, 0.4) is 0 Å². The van der Waals surface area contributed by atoms with Gasteiger partial charge in [-0.2, -0.15) is 0 Å². The van der Waals surface area contributed by atoms with Gasteiger partial charge in [-0.1, -0.05) is 24.3 Å². The normalized spacial score (nSPS) is 12.3. The molecule has 0 radical (unpaired) electrons. The van der Waals surface area contributed by atoms with Gasteiger partial charge in [-0.05, 0) is 60.7 Å². The molecule has 3 N–H and O–H groups in total. The molecule has 0 aliphatic rings. The van der Waals surface area contributed by atoms with E-state index >= 15 is 0 Å². The van der Waals surface area contributed by atoms with Crippen LogP contribution in [0.15, 0.2) is 48.5 Å². The fourth-order valence-corrected chi connectivity index (χ4v) is 2.25. The highest BCUT2D eigenvalue weighted by Gasteiger charge is 2.10. The highest BCUT2D eigenvalue weighted by molar-refractivity contribution is 5.27. The summed E-state index contributed by atoms with van der Waals surface area (Å²) in [6, 6.07) is 13.8. The van der Waals surface area contributed by atoms with Crippen molar-refractivity contribution >= 4 is 0 Å². The number of halogens is 1. The summed E-state index contributed by atoms with van der Waals surface area (Å²) in [5.41, 5.74) is 7.79. The lowest BCUT2D eigenvalue weighted by molar-refractivity contribution is 0.472. The largest absolute Gasteiger partial charge is 0.508 e. The van der Waals surface area contributed by atoms with Crippen molar-refractivity contribution in [3.8, 4) is 5.75 Å². The molecule has 1 unspecified atom stereocenters. The molecular weight excluding hydrogens is 241 g/mol. The topological polar surface area (TPSA) is 46.2 Å². The van der Waals surface area contributed by atoms with Crippen LogP contribution >= 0.6 is 0 Å². The van der Waals surface area contributed by atoms with E-state index < -0.39 is 0 Å². The molecule has 0 aliphatic heterocycles. The number of aromatic hydroxyl groups is 1. The molecule has 19 heavy (non-hydrogen) atoms. The average Bonchev–Trinajstić information content (AvgIpc) is 2.38. The lowest BCUT2D eigenvalue weighted by Crippen LogP contribution is -2.19. The molecule has 0 spiro atoms. The number of phenols is 1. The Morgan fingerprint density at radius 3 is 2.21 bits per heavy atom. The minimum absolute atomic E-state index is 0.217. The highest BCUT2D eigenvalue weighted by Crippen LogP contribution is 2.18. The van der Waals surface area contributed by atoms with Gasteiger partial charge < -0.3 is 10.8 Å². The molecule has 0 bridgehead atoms. The van der Waals surface area contributed by atoms with Crippen LogP contribution in [0, 0.1) is 11.7 Å². The Hall–Kier alpha value is -1.87. The smallest absolute Gasteiger partial charge is 0.123 e. The summed E-state index contributed by atoms with van der Waals surface area (Å²) in [4.78, 5) is 0. The Balaban J connectivity index is 2.04. The minimum Gasteiger partial charge on any atom is -0.508 e. The third kappa shape index (κ3) is 4.07. The molecule has 0 saturated carbocycles. The standard InChI is InChI=1S/C16H18FNO/c17-15-5-1-3-12(9-15)7-14(11-18)8-13-4-2-6-16(19)10-13/h1-6,9-10,14,19H,7-8,11,18H2. The highest BCUT2D eigenvalue weighted by atomic mass is 19.1. The van der Waals surface area contributed by atoms with Crippen molar-refractivity contribution in [1.29, 1.82) is 0 Å². The van der Waals surface area contributed by atoms with Crippen LogP contribution < -0.4 is 5.73 Å². The van der Waals surface area contributed by atoms with Crippen molar-refractivity contribution in [3.05, 3.63) is 65.5 Å². The molecule has 2 rings (SSSR count). The van der Waals surface area contributed by atoms with Gasteiger partial charge in [0.25, 0.3) is 0 Å². The van der Waals surface area contributed by atoms with Gasteiger partial charge in [-0.15, -0.1) is 0 Å². The second-order valence-electron chi connectivity index (χ2n) is 4.81. The number of benzene rings is 2. The maximum Gasteiger partial charge on any atom is 0.123 e. The van der Waals surface area contributed by atoms with Crippen LogP contribution in [0.25, 0.3) is 0 Å². The van der Waals surface area contributed by atoms with Crippen LogP contribution in [0.1, 0.15) is 11.1 Å². The molecule has 0 heterocycles. The van der Waals surface area contributed by atoms with Gasteiger partial charge in [-0.25, -0.2) is 4.39 Å². The van der Waals surface area contributed by atoms with Crippen molar-refractivity contribution < 1.29 is 9.50 Å². The summed E-state index contributed by atoms with van der Waals surface area (Å²) in [6.07, 6.45) is 1.52. The van der Waals surface area contributed by atoms with Crippen molar-refractivity contribution in [1.82, 2.24) is 0 Å². The van der Waals surface area contributed by atoms with Crippen molar-refractivity contribution in [2.24, 2.45) is 11.7 Å². The Bertz CT molecular complexity index is 494. The van der Waals surface area contributed by atoms with Gasteiger partial charge in [0.05, 0.1) is 0 Å². The zero-order valence-corrected chi connectivity index (χ0v) is 10.7. The van der Waals surface area contributed by atoms with Crippen LogP contribution in [0.2, 0.25) is 0 Å². The lowest BCUT2D eigenvalue weighted by atomic mass is 9.92. The van der Waals surface area contributed by atoms with E-state index in [1.807, 2.05) is 18.2 Å². The van der Waals surface area contributed by atoms with Gasteiger partial charge >= 0.3 is 0 Å². The van der Waals surface area contributed by atoms with Crippen LogP contribution in [0.5, 0.6) is 5.75 Å². The molecule has 0 saturated heterocycles. The van der Waals surface area contributed by atoms with E-state index in [1.165, 1.54) is 6.07 Å². The maximum atomic E-state index is 13.1. The quantitative estimate of drug-likeness (QED) is 0.867. The van der Waals surface area contributed by atoms with E-state index in [1.54, 1.807) is 24.3 Å². The summed E-state index contributed by atoms with van der Waals surface area (Å²) in [6.45, 7) is 0.534. The predicted molar refractivity (Wildman–Crippen MR) is 74.5 cm³/mol. The van der Waals surface area contributed by atoms with E-state index in [2.05, 4.69) is 0 Å². The number of hydrogen-bond acceptors (Lipinski definition) is 2. The Kier molecular flexibility index (Phi) is 4.53. The molecule has 100 valence electrons. The van der Waals surface area contributed by atoms with E-state index in [4.69, 9.17) is 5.73 Å². The van der Waals surface area contributed by atoms with Gasteiger partial charge in [-0.3, -0.25) is 0 Å². The molecule has 0 amide bonds. The monoisotopic (exact) mass is 259 g/mol. The Labute approximate surface area is 112 Å². The molecule has 2 nitrogen and oxygen atoms in total. The lowest BCUT2D eigenvalue weighted by Gasteiger charge is -2.15. The molecule has 2 aromatic rings. The van der Waals surface area contributed by atoms with Crippen molar-refractivity contribution in [2.75, 3.05) is 6.54 Å². The first-order chi connectivity index (χ1) is 9.17. The van der Waals surface area contributed by atoms with E-state index in [0.717, 1.165) is 24.0 Å². The molecule has 3 heteroatoms.